The number of halogens is 2. The van der Waals surface area contributed by atoms with Gasteiger partial charge in [0.05, 0.1) is 0 Å². The molecule has 2 nitrogen and oxygen atoms in total. The fourth-order valence-electron chi connectivity index (χ4n) is 1.24. The highest BCUT2D eigenvalue weighted by atomic mass is 35.5. The predicted molar refractivity (Wildman–Crippen MR) is 65.0 cm³/mol. The van der Waals surface area contributed by atoms with Crippen molar-refractivity contribution in [2.75, 3.05) is 0 Å². The largest absolute Gasteiger partial charge is 0.486 e. The van der Waals surface area contributed by atoms with Gasteiger partial charge in [0.1, 0.15) is 11.8 Å². The first-order valence-corrected chi connectivity index (χ1v) is 5.50. The van der Waals surface area contributed by atoms with E-state index >= 15 is 0 Å². The van der Waals surface area contributed by atoms with Crippen LogP contribution in [-0.2, 0) is 6.61 Å². The minimum atomic E-state index is 0.281. The van der Waals surface area contributed by atoms with Crippen molar-refractivity contribution in [1.82, 2.24) is 4.98 Å². The molecule has 0 N–H and O–H groups in total. The van der Waals surface area contributed by atoms with Gasteiger partial charge in [0.2, 0.25) is 0 Å². The molecular formula is C12H9Cl2NO. The highest BCUT2D eigenvalue weighted by Gasteiger charge is 2.03. The van der Waals surface area contributed by atoms with Crippen LogP contribution in [0.2, 0.25) is 10.3 Å². The van der Waals surface area contributed by atoms with E-state index in [1.807, 2.05) is 30.3 Å². The molecule has 16 heavy (non-hydrogen) atoms. The Morgan fingerprint density at radius 1 is 1.00 bits per heavy atom. The molecule has 0 radical (unpaired) electrons. The van der Waals surface area contributed by atoms with Crippen LogP contribution in [0.3, 0.4) is 0 Å². The molecule has 0 amide bonds. The molecule has 0 spiro atoms. The zero-order valence-electron chi connectivity index (χ0n) is 8.36. The van der Waals surface area contributed by atoms with Gasteiger partial charge in [-0.25, -0.2) is 4.98 Å². The molecular weight excluding hydrogens is 245 g/mol. The summed E-state index contributed by atoms with van der Waals surface area (Å²) in [5, 5.41) is 0.639. The maximum Gasteiger partial charge on any atom is 0.172 e. The molecule has 0 atom stereocenters. The highest BCUT2D eigenvalue weighted by molar-refractivity contribution is 6.33. The maximum absolute atomic E-state index is 5.88. The summed E-state index contributed by atoms with van der Waals surface area (Å²) in [6.07, 6.45) is 0. The van der Waals surface area contributed by atoms with Crippen LogP contribution in [0.5, 0.6) is 5.75 Å². The molecule has 0 saturated carbocycles. The lowest BCUT2D eigenvalue weighted by molar-refractivity contribution is 0.305. The van der Waals surface area contributed by atoms with Crippen molar-refractivity contribution < 1.29 is 4.74 Å². The van der Waals surface area contributed by atoms with E-state index in [1.54, 1.807) is 12.1 Å². The van der Waals surface area contributed by atoms with Gasteiger partial charge in [-0.2, -0.15) is 0 Å². The van der Waals surface area contributed by atoms with Crippen LogP contribution < -0.4 is 4.74 Å². The summed E-state index contributed by atoms with van der Waals surface area (Å²) in [4.78, 5) is 3.89. The summed E-state index contributed by atoms with van der Waals surface area (Å²) in [6.45, 7) is 0.462. The molecule has 1 aromatic heterocycles. The van der Waals surface area contributed by atoms with Crippen LogP contribution in [0.15, 0.2) is 42.5 Å². The third-order valence-electron chi connectivity index (χ3n) is 2.02. The molecule has 0 fully saturated rings. The molecule has 0 bridgehead atoms. The summed E-state index contributed by atoms with van der Waals surface area (Å²) < 4.78 is 5.52. The number of benzene rings is 1. The first-order chi connectivity index (χ1) is 7.75. The fraction of sp³-hybridized carbons (Fsp3) is 0.0833. The Kier molecular flexibility index (Phi) is 3.65. The second kappa shape index (κ2) is 5.19. The van der Waals surface area contributed by atoms with E-state index in [2.05, 4.69) is 4.98 Å². The predicted octanol–water partition coefficient (Wildman–Crippen LogP) is 3.97. The summed E-state index contributed by atoms with van der Waals surface area (Å²) in [6, 6.07) is 13.2. The monoisotopic (exact) mass is 253 g/mol. The van der Waals surface area contributed by atoms with Gasteiger partial charge < -0.3 is 4.74 Å². The first kappa shape index (κ1) is 11.2. The minimum Gasteiger partial charge on any atom is -0.486 e. The molecule has 2 aromatic rings. The van der Waals surface area contributed by atoms with Gasteiger partial charge in [0, 0.05) is 0 Å². The van der Waals surface area contributed by atoms with Gasteiger partial charge in [0.25, 0.3) is 0 Å². The molecule has 1 aromatic carbocycles. The van der Waals surface area contributed by atoms with Crippen molar-refractivity contribution in [2.45, 2.75) is 6.61 Å². The summed E-state index contributed by atoms with van der Waals surface area (Å²) >= 11 is 11.6. The Bertz CT molecular complexity index is 474. The number of nitrogens with zero attached hydrogens (tertiary/aromatic N) is 1. The Labute approximate surface area is 104 Å². The highest BCUT2D eigenvalue weighted by Crippen LogP contribution is 2.24. The number of rotatable bonds is 3. The molecule has 2 rings (SSSR count). The molecule has 0 aliphatic heterocycles. The van der Waals surface area contributed by atoms with Crippen LogP contribution in [0, 0.1) is 0 Å². The van der Waals surface area contributed by atoms with Gasteiger partial charge in [-0.05, 0) is 17.7 Å². The molecule has 0 unspecified atom stereocenters. The van der Waals surface area contributed by atoms with E-state index < -0.39 is 0 Å². The number of pyridine rings is 1. The van der Waals surface area contributed by atoms with Crippen LogP contribution in [0.1, 0.15) is 5.56 Å². The molecule has 1 heterocycles. The van der Waals surface area contributed by atoms with E-state index in [-0.39, 0.29) is 5.15 Å². The Morgan fingerprint density at radius 2 is 1.75 bits per heavy atom. The van der Waals surface area contributed by atoms with Crippen molar-refractivity contribution in [3.05, 3.63) is 58.3 Å². The van der Waals surface area contributed by atoms with Crippen molar-refractivity contribution in [1.29, 1.82) is 0 Å². The van der Waals surface area contributed by atoms with Gasteiger partial charge in [-0.15, -0.1) is 0 Å². The molecule has 0 aliphatic carbocycles. The fourth-order valence-corrected chi connectivity index (χ4v) is 1.64. The summed E-state index contributed by atoms with van der Waals surface area (Å²) in [5.74, 6) is 0.537. The van der Waals surface area contributed by atoms with Crippen molar-refractivity contribution in [2.24, 2.45) is 0 Å². The second-order valence-corrected chi connectivity index (χ2v) is 3.94. The van der Waals surface area contributed by atoms with Crippen molar-refractivity contribution in [3.8, 4) is 5.75 Å². The SMILES string of the molecule is Clc1ccc(OCc2ccccc2)c(Cl)n1. The quantitative estimate of drug-likeness (QED) is 0.773. The second-order valence-electron chi connectivity index (χ2n) is 3.20. The van der Waals surface area contributed by atoms with Crippen molar-refractivity contribution >= 4 is 23.2 Å². The van der Waals surface area contributed by atoms with E-state index in [4.69, 9.17) is 27.9 Å². The van der Waals surface area contributed by atoms with E-state index in [9.17, 15) is 0 Å². The van der Waals surface area contributed by atoms with Crippen LogP contribution in [0.25, 0.3) is 0 Å². The zero-order valence-corrected chi connectivity index (χ0v) is 9.87. The third kappa shape index (κ3) is 2.87. The average molecular weight is 254 g/mol. The Morgan fingerprint density at radius 3 is 2.44 bits per heavy atom. The molecule has 4 heteroatoms. The minimum absolute atomic E-state index is 0.281. The van der Waals surface area contributed by atoms with Crippen LogP contribution in [0.4, 0.5) is 0 Å². The first-order valence-electron chi connectivity index (χ1n) is 4.74. The molecule has 0 aliphatic rings. The van der Waals surface area contributed by atoms with Crippen molar-refractivity contribution in [3.63, 3.8) is 0 Å². The zero-order chi connectivity index (χ0) is 11.4. The number of hydrogen-bond acceptors (Lipinski definition) is 2. The molecule has 82 valence electrons. The maximum atomic E-state index is 5.88. The van der Waals surface area contributed by atoms with E-state index in [0.717, 1.165) is 5.56 Å². The van der Waals surface area contributed by atoms with Gasteiger partial charge in [0.15, 0.2) is 10.9 Å². The summed E-state index contributed by atoms with van der Waals surface area (Å²) in [7, 11) is 0. The normalized spacial score (nSPS) is 10.1. The van der Waals surface area contributed by atoms with Crippen LogP contribution in [-0.4, -0.2) is 4.98 Å². The lowest BCUT2D eigenvalue weighted by Crippen LogP contribution is -1.96. The smallest absolute Gasteiger partial charge is 0.172 e. The van der Waals surface area contributed by atoms with E-state index in [0.29, 0.717) is 17.5 Å². The van der Waals surface area contributed by atoms with Gasteiger partial charge in [-0.3, -0.25) is 0 Å². The van der Waals surface area contributed by atoms with E-state index in [1.165, 1.54) is 0 Å². The number of hydrogen-bond donors (Lipinski definition) is 0. The number of ether oxygens (including phenoxy) is 1. The summed E-state index contributed by atoms with van der Waals surface area (Å²) in [5.41, 5.74) is 1.08. The van der Waals surface area contributed by atoms with Gasteiger partial charge >= 0.3 is 0 Å². The average Bonchev–Trinajstić information content (AvgIpc) is 2.29. The van der Waals surface area contributed by atoms with Crippen LogP contribution >= 0.6 is 23.2 Å². The Hall–Kier alpha value is -1.25. The van der Waals surface area contributed by atoms with Gasteiger partial charge in [-0.1, -0.05) is 53.5 Å². The standard InChI is InChI=1S/C12H9Cl2NO/c13-11-7-6-10(12(14)15-11)16-8-9-4-2-1-3-5-9/h1-7H,8H2. The lowest BCUT2D eigenvalue weighted by Gasteiger charge is -2.07. The molecule has 0 saturated heterocycles. The lowest BCUT2D eigenvalue weighted by atomic mass is 10.2. The number of aromatic nitrogens is 1. The third-order valence-corrected chi connectivity index (χ3v) is 2.50. The Balaban J connectivity index is 2.05. The topological polar surface area (TPSA) is 22.1 Å².